The largest absolute Gasteiger partial charge is 0.341 e. The van der Waals surface area contributed by atoms with Crippen LogP contribution in [-0.2, 0) is 6.42 Å². The summed E-state index contributed by atoms with van der Waals surface area (Å²) in [5, 5.41) is 0. The number of aromatic amines is 1. The van der Waals surface area contributed by atoms with Gasteiger partial charge in [-0.3, -0.25) is 4.79 Å². The van der Waals surface area contributed by atoms with Crippen molar-refractivity contribution in [3.8, 4) is 11.1 Å². The molecule has 0 aliphatic heterocycles. The van der Waals surface area contributed by atoms with Crippen LogP contribution in [0.15, 0.2) is 36.4 Å². The third-order valence-corrected chi connectivity index (χ3v) is 3.52. The molecule has 1 N–H and O–H groups in total. The molecule has 1 aromatic carbocycles. The zero-order chi connectivity index (χ0) is 14.7. The van der Waals surface area contributed by atoms with E-state index in [0.29, 0.717) is 11.3 Å². The molecule has 0 aliphatic rings. The van der Waals surface area contributed by atoms with E-state index in [1.807, 2.05) is 36.4 Å². The van der Waals surface area contributed by atoms with E-state index >= 15 is 0 Å². The zero-order valence-electron chi connectivity index (χ0n) is 12.0. The molecule has 0 aliphatic carbocycles. The van der Waals surface area contributed by atoms with Gasteiger partial charge in [0.2, 0.25) is 0 Å². The van der Waals surface area contributed by atoms with Gasteiger partial charge >= 0.3 is 0 Å². The molecular weight excluding hydrogens is 262 g/mol. The van der Waals surface area contributed by atoms with Crippen molar-refractivity contribution in [2.45, 2.75) is 26.2 Å². The number of nitrogens with one attached hydrogen (secondary N) is 1. The smallest absolute Gasteiger partial charge is 0.178 e. The highest BCUT2D eigenvalue weighted by Gasteiger charge is 2.11. The molecule has 106 valence electrons. The van der Waals surface area contributed by atoms with Crippen LogP contribution in [0.25, 0.3) is 22.3 Å². The maximum Gasteiger partial charge on any atom is 0.178 e. The first-order valence-corrected chi connectivity index (χ1v) is 7.22. The molecule has 0 fully saturated rings. The number of aryl methyl sites for hydroxylation is 1. The Balaban J connectivity index is 2.10. The maximum absolute atomic E-state index is 11.3. The summed E-state index contributed by atoms with van der Waals surface area (Å²) in [6, 6.07) is 11.8. The zero-order valence-corrected chi connectivity index (χ0v) is 12.0. The van der Waals surface area contributed by atoms with Crippen molar-refractivity contribution < 1.29 is 4.79 Å². The Kier molecular flexibility index (Phi) is 3.77. The Morgan fingerprint density at radius 1 is 1.19 bits per heavy atom. The Bertz CT molecular complexity index is 762. The molecule has 0 spiro atoms. The molecule has 3 aromatic rings. The number of rotatable bonds is 5. The minimum absolute atomic E-state index is 0.433. The summed E-state index contributed by atoms with van der Waals surface area (Å²) >= 11 is 0. The van der Waals surface area contributed by atoms with Crippen molar-refractivity contribution in [1.29, 1.82) is 0 Å². The van der Waals surface area contributed by atoms with E-state index in [1.54, 1.807) is 0 Å². The highest BCUT2D eigenvalue weighted by Crippen LogP contribution is 2.25. The second-order valence-electron chi connectivity index (χ2n) is 5.06. The average molecular weight is 279 g/mol. The molecule has 3 rings (SSSR count). The van der Waals surface area contributed by atoms with Gasteiger partial charge in [0, 0.05) is 12.0 Å². The molecule has 0 radical (unpaired) electrons. The number of fused-ring (bicyclic) bond motifs is 1. The van der Waals surface area contributed by atoms with Crippen molar-refractivity contribution >= 4 is 17.5 Å². The Hall–Kier alpha value is -2.49. The van der Waals surface area contributed by atoms with Crippen LogP contribution in [0.1, 0.15) is 36.1 Å². The SMILES string of the molecule is CCCCc1nc2nc(C=O)c(-c3ccccc3)cc2[nH]1. The summed E-state index contributed by atoms with van der Waals surface area (Å²) in [5.41, 5.74) is 3.75. The minimum Gasteiger partial charge on any atom is -0.341 e. The summed E-state index contributed by atoms with van der Waals surface area (Å²) in [6.45, 7) is 2.15. The monoisotopic (exact) mass is 279 g/mol. The first-order chi connectivity index (χ1) is 10.3. The number of H-pyrrole nitrogens is 1. The fourth-order valence-corrected chi connectivity index (χ4v) is 2.41. The van der Waals surface area contributed by atoms with E-state index < -0.39 is 0 Å². The first kappa shape index (κ1) is 13.5. The summed E-state index contributed by atoms with van der Waals surface area (Å²) < 4.78 is 0. The van der Waals surface area contributed by atoms with Gasteiger partial charge in [-0.2, -0.15) is 0 Å². The highest BCUT2D eigenvalue weighted by atomic mass is 16.1. The Morgan fingerprint density at radius 3 is 2.71 bits per heavy atom. The molecule has 21 heavy (non-hydrogen) atoms. The molecular formula is C17H17N3O. The van der Waals surface area contributed by atoms with Gasteiger partial charge in [-0.15, -0.1) is 0 Å². The third-order valence-electron chi connectivity index (χ3n) is 3.52. The van der Waals surface area contributed by atoms with Crippen LogP contribution in [-0.4, -0.2) is 21.2 Å². The average Bonchev–Trinajstić information content (AvgIpc) is 2.94. The molecule has 4 heteroatoms. The first-order valence-electron chi connectivity index (χ1n) is 7.22. The lowest BCUT2D eigenvalue weighted by molar-refractivity contribution is 0.112. The van der Waals surface area contributed by atoms with Gasteiger partial charge in [-0.25, -0.2) is 9.97 Å². The number of benzene rings is 1. The van der Waals surface area contributed by atoms with Gasteiger partial charge in [-0.05, 0) is 18.1 Å². The van der Waals surface area contributed by atoms with E-state index in [2.05, 4.69) is 21.9 Å². The van der Waals surface area contributed by atoms with E-state index in [0.717, 1.165) is 48.0 Å². The van der Waals surface area contributed by atoms with Crippen molar-refractivity contribution in [3.05, 3.63) is 47.9 Å². The van der Waals surface area contributed by atoms with Crippen LogP contribution in [0.3, 0.4) is 0 Å². The summed E-state index contributed by atoms with van der Waals surface area (Å²) in [7, 11) is 0. The van der Waals surface area contributed by atoms with E-state index in [1.165, 1.54) is 0 Å². The fraction of sp³-hybridized carbons (Fsp3) is 0.235. The molecule has 4 nitrogen and oxygen atoms in total. The van der Waals surface area contributed by atoms with Gasteiger partial charge in [0.25, 0.3) is 0 Å². The van der Waals surface area contributed by atoms with E-state index in [-0.39, 0.29) is 0 Å². The predicted octanol–water partition coefficient (Wildman–Crippen LogP) is 3.78. The molecule has 0 atom stereocenters. The molecule has 0 amide bonds. The van der Waals surface area contributed by atoms with E-state index in [9.17, 15) is 4.79 Å². The van der Waals surface area contributed by atoms with Crippen molar-refractivity contribution in [3.63, 3.8) is 0 Å². The predicted molar refractivity (Wildman–Crippen MR) is 83.3 cm³/mol. The van der Waals surface area contributed by atoms with Gasteiger partial charge in [-0.1, -0.05) is 43.7 Å². The van der Waals surface area contributed by atoms with Crippen molar-refractivity contribution in [2.75, 3.05) is 0 Å². The Labute approximate surface area is 123 Å². The maximum atomic E-state index is 11.3. The van der Waals surface area contributed by atoms with E-state index in [4.69, 9.17) is 0 Å². The molecule has 0 unspecified atom stereocenters. The second kappa shape index (κ2) is 5.87. The third kappa shape index (κ3) is 2.70. The van der Waals surface area contributed by atoms with Crippen LogP contribution < -0.4 is 0 Å². The summed E-state index contributed by atoms with van der Waals surface area (Å²) in [4.78, 5) is 23.5. The van der Waals surface area contributed by atoms with Gasteiger partial charge < -0.3 is 4.98 Å². The van der Waals surface area contributed by atoms with Crippen LogP contribution in [0, 0.1) is 0 Å². The van der Waals surface area contributed by atoms with Crippen molar-refractivity contribution in [2.24, 2.45) is 0 Å². The summed E-state index contributed by atoms with van der Waals surface area (Å²) in [5.74, 6) is 0.932. The Morgan fingerprint density at radius 2 is 2.00 bits per heavy atom. The molecule has 0 bridgehead atoms. The number of imidazole rings is 1. The number of aldehydes is 1. The molecule has 0 saturated carbocycles. The number of unbranched alkanes of at least 4 members (excludes halogenated alkanes) is 1. The van der Waals surface area contributed by atoms with Crippen LogP contribution in [0.4, 0.5) is 0 Å². The van der Waals surface area contributed by atoms with Crippen LogP contribution in [0.5, 0.6) is 0 Å². The van der Waals surface area contributed by atoms with Gasteiger partial charge in [0.05, 0.1) is 5.52 Å². The number of nitrogens with zero attached hydrogens (tertiary/aromatic N) is 2. The quantitative estimate of drug-likeness (QED) is 0.723. The van der Waals surface area contributed by atoms with Gasteiger partial charge in [0.15, 0.2) is 11.9 Å². The van der Waals surface area contributed by atoms with Crippen LogP contribution >= 0.6 is 0 Å². The number of pyridine rings is 1. The lowest BCUT2D eigenvalue weighted by Gasteiger charge is -2.03. The number of hydrogen-bond acceptors (Lipinski definition) is 3. The molecule has 0 saturated heterocycles. The minimum atomic E-state index is 0.433. The molecule has 2 heterocycles. The van der Waals surface area contributed by atoms with Gasteiger partial charge in [0.1, 0.15) is 11.5 Å². The number of aromatic nitrogens is 3. The van der Waals surface area contributed by atoms with Crippen LogP contribution in [0.2, 0.25) is 0 Å². The normalized spacial score (nSPS) is 10.9. The fourth-order valence-electron chi connectivity index (χ4n) is 2.41. The standard InChI is InChI=1S/C17H17N3O/c1-2-3-9-16-18-14-10-13(12-7-5-4-6-8-12)15(11-21)19-17(14)20-16/h4-8,10-11H,2-3,9H2,1H3,(H,18,19,20). The number of hydrogen-bond donors (Lipinski definition) is 1. The highest BCUT2D eigenvalue weighted by molar-refractivity contribution is 5.90. The summed E-state index contributed by atoms with van der Waals surface area (Å²) in [6.07, 6.45) is 3.91. The lowest BCUT2D eigenvalue weighted by Crippen LogP contribution is -1.93. The topological polar surface area (TPSA) is 58.6 Å². The molecule has 2 aromatic heterocycles. The second-order valence-corrected chi connectivity index (χ2v) is 5.06. The lowest BCUT2D eigenvalue weighted by atomic mass is 10.0. The van der Waals surface area contributed by atoms with Crippen molar-refractivity contribution in [1.82, 2.24) is 15.0 Å². The number of carbonyl (C=O) groups is 1. The number of carbonyl (C=O) groups excluding carboxylic acids is 1.